The highest BCUT2D eigenvalue weighted by Gasteiger charge is 1.95. The summed E-state index contributed by atoms with van der Waals surface area (Å²) in [6, 6.07) is 0. The molecule has 0 rings (SSSR count). The second kappa shape index (κ2) is 6.33. The van der Waals surface area contributed by atoms with E-state index in [-0.39, 0.29) is 6.61 Å². The Morgan fingerprint density at radius 2 is 1.89 bits per heavy atom. The van der Waals surface area contributed by atoms with Crippen molar-refractivity contribution in [1.82, 2.24) is 0 Å². The van der Waals surface area contributed by atoms with Crippen LogP contribution in [0.2, 0.25) is 0 Å². The lowest BCUT2D eigenvalue weighted by Gasteiger charge is -1.99. The molecule has 1 atom stereocenters. The van der Waals surface area contributed by atoms with Gasteiger partial charge >= 0.3 is 0 Å². The van der Waals surface area contributed by atoms with Gasteiger partial charge in [0.25, 0.3) is 0 Å². The van der Waals surface area contributed by atoms with Gasteiger partial charge in [-0.3, -0.25) is 0 Å². The third-order valence-corrected chi connectivity index (χ3v) is 1.32. The Morgan fingerprint density at radius 1 is 1.22 bits per heavy atom. The molecule has 0 radical (unpaired) electrons. The van der Waals surface area contributed by atoms with Crippen LogP contribution in [-0.2, 0) is 0 Å². The molecule has 56 valence electrons. The van der Waals surface area contributed by atoms with E-state index in [0.29, 0.717) is 6.42 Å². The van der Waals surface area contributed by atoms with Crippen LogP contribution < -0.4 is 0 Å². The highest BCUT2D eigenvalue weighted by molar-refractivity contribution is 6.19. The van der Waals surface area contributed by atoms with Crippen molar-refractivity contribution in [3.8, 4) is 0 Å². The maximum Gasteiger partial charge on any atom is 0.128 e. The van der Waals surface area contributed by atoms with E-state index < -0.39 is 5.56 Å². The van der Waals surface area contributed by atoms with Gasteiger partial charge < -0.3 is 10.2 Å². The lowest BCUT2D eigenvalue weighted by molar-refractivity contribution is 0.235. The first-order valence-corrected chi connectivity index (χ1v) is 3.64. The average molecular weight is 153 g/mol. The average Bonchev–Trinajstić information content (AvgIpc) is 1.80. The number of hydrogen-bond donors (Lipinski definition) is 2. The summed E-state index contributed by atoms with van der Waals surface area (Å²) in [5.74, 6) is 0. The van der Waals surface area contributed by atoms with Gasteiger partial charge in [0.2, 0.25) is 0 Å². The standard InChI is InChI=1S/C6H13ClO2/c7-6(9)4-2-1-3-5-8/h6,8-9H,1-5H2. The smallest absolute Gasteiger partial charge is 0.128 e. The largest absolute Gasteiger partial charge is 0.396 e. The van der Waals surface area contributed by atoms with Crippen molar-refractivity contribution in [1.29, 1.82) is 0 Å². The summed E-state index contributed by atoms with van der Waals surface area (Å²) >= 11 is 5.25. The van der Waals surface area contributed by atoms with Crippen LogP contribution in [0.5, 0.6) is 0 Å². The minimum Gasteiger partial charge on any atom is -0.396 e. The minimum atomic E-state index is -0.705. The number of rotatable bonds is 5. The second-order valence-electron chi connectivity index (χ2n) is 2.01. The van der Waals surface area contributed by atoms with Crippen LogP contribution in [0.1, 0.15) is 25.7 Å². The molecule has 0 aromatic rings. The van der Waals surface area contributed by atoms with Gasteiger partial charge in [0.05, 0.1) is 0 Å². The number of alkyl halides is 1. The summed E-state index contributed by atoms with van der Waals surface area (Å²) in [5.41, 5.74) is -0.705. The SMILES string of the molecule is OCCCCCC(O)Cl. The Hall–Kier alpha value is 0.210. The molecule has 3 heteroatoms. The highest BCUT2D eigenvalue weighted by Crippen LogP contribution is 2.05. The molecule has 1 unspecified atom stereocenters. The minimum absolute atomic E-state index is 0.235. The fraction of sp³-hybridized carbons (Fsp3) is 1.00. The first-order valence-electron chi connectivity index (χ1n) is 3.20. The summed E-state index contributed by atoms with van der Waals surface area (Å²) < 4.78 is 0. The van der Waals surface area contributed by atoms with E-state index >= 15 is 0 Å². The molecule has 2 nitrogen and oxygen atoms in total. The molecule has 0 aliphatic carbocycles. The molecule has 0 aromatic carbocycles. The molecule has 0 aliphatic rings. The summed E-state index contributed by atoms with van der Waals surface area (Å²) in [6.45, 7) is 0.235. The first-order chi connectivity index (χ1) is 4.27. The molecule has 2 N–H and O–H groups in total. The summed E-state index contributed by atoms with van der Waals surface area (Å²) in [5, 5.41) is 16.9. The van der Waals surface area contributed by atoms with Crippen molar-refractivity contribution < 1.29 is 10.2 Å². The van der Waals surface area contributed by atoms with Gasteiger partial charge in [-0.05, 0) is 19.3 Å². The Balaban J connectivity index is 2.75. The monoisotopic (exact) mass is 152 g/mol. The van der Waals surface area contributed by atoms with Gasteiger partial charge in [-0.15, -0.1) is 0 Å². The molecule has 0 saturated carbocycles. The molecule has 0 spiro atoms. The maximum atomic E-state index is 8.55. The number of unbranched alkanes of at least 4 members (excludes halogenated alkanes) is 2. The fourth-order valence-corrected chi connectivity index (χ4v) is 0.756. The third kappa shape index (κ3) is 8.21. The van der Waals surface area contributed by atoms with E-state index in [0.717, 1.165) is 19.3 Å². The molecule has 0 amide bonds. The van der Waals surface area contributed by atoms with Gasteiger partial charge in [-0.1, -0.05) is 18.0 Å². The van der Waals surface area contributed by atoms with Gasteiger partial charge in [0, 0.05) is 6.61 Å². The zero-order chi connectivity index (χ0) is 7.11. The summed E-state index contributed by atoms with van der Waals surface area (Å²) in [4.78, 5) is 0. The van der Waals surface area contributed by atoms with Gasteiger partial charge in [-0.25, -0.2) is 0 Å². The Labute approximate surface area is 60.5 Å². The quantitative estimate of drug-likeness (QED) is 0.458. The lowest BCUT2D eigenvalue weighted by atomic mass is 10.2. The lowest BCUT2D eigenvalue weighted by Crippen LogP contribution is -1.94. The normalized spacial score (nSPS) is 13.7. The number of halogens is 1. The predicted octanol–water partition coefficient (Wildman–Crippen LogP) is 1.10. The van der Waals surface area contributed by atoms with Crippen molar-refractivity contribution in [2.75, 3.05) is 6.61 Å². The molecule has 0 bridgehead atoms. The molecular weight excluding hydrogens is 140 g/mol. The Morgan fingerprint density at radius 3 is 2.33 bits per heavy atom. The van der Waals surface area contributed by atoms with Crippen molar-refractivity contribution in [2.45, 2.75) is 31.2 Å². The molecule has 0 fully saturated rings. The third-order valence-electron chi connectivity index (χ3n) is 1.10. The van der Waals surface area contributed by atoms with E-state index in [1.807, 2.05) is 0 Å². The van der Waals surface area contributed by atoms with Crippen LogP contribution in [0.15, 0.2) is 0 Å². The second-order valence-corrected chi connectivity index (χ2v) is 2.51. The molecule has 9 heavy (non-hydrogen) atoms. The van der Waals surface area contributed by atoms with Crippen LogP contribution >= 0.6 is 11.6 Å². The van der Waals surface area contributed by atoms with Crippen molar-refractivity contribution in [3.63, 3.8) is 0 Å². The molecule has 0 aliphatic heterocycles. The van der Waals surface area contributed by atoms with Crippen LogP contribution in [0, 0.1) is 0 Å². The Bertz CT molecular complexity index is 57.0. The van der Waals surface area contributed by atoms with Crippen molar-refractivity contribution in [2.24, 2.45) is 0 Å². The van der Waals surface area contributed by atoms with Crippen molar-refractivity contribution in [3.05, 3.63) is 0 Å². The van der Waals surface area contributed by atoms with Gasteiger partial charge in [0.1, 0.15) is 5.56 Å². The van der Waals surface area contributed by atoms with Crippen LogP contribution in [0.4, 0.5) is 0 Å². The van der Waals surface area contributed by atoms with Gasteiger partial charge in [-0.2, -0.15) is 0 Å². The van der Waals surface area contributed by atoms with E-state index in [1.54, 1.807) is 0 Å². The number of hydrogen-bond acceptors (Lipinski definition) is 2. The van der Waals surface area contributed by atoms with E-state index in [1.165, 1.54) is 0 Å². The topological polar surface area (TPSA) is 40.5 Å². The van der Waals surface area contributed by atoms with E-state index in [9.17, 15) is 0 Å². The molecular formula is C6H13ClO2. The van der Waals surface area contributed by atoms with Gasteiger partial charge in [0.15, 0.2) is 0 Å². The van der Waals surface area contributed by atoms with Crippen LogP contribution in [0.25, 0.3) is 0 Å². The fourth-order valence-electron chi connectivity index (χ4n) is 0.601. The summed E-state index contributed by atoms with van der Waals surface area (Å²) in [7, 11) is 0. The number of aliphatic hydroxyl groups is 2. The zero-order valence-corrected chi connectivity index (χ0v) is 6.14. The maximum absolute atomic E-state index is 8.55. The number of aliphatic hydroxyl groups excluding tert-OH is 2. The van der Waals surface area contributed by atoms with Crippen LogP contribution in [0.3, 0.4) is 0 Å². The van der Waals surface area contributed by atoms with Crippen molar-refractivity contribution >= 4 is 11.6 Å². The molecule has 0 heterocycles. The highest BCUT2D eigenvalue weighted by atomic mass is 35.5. The first kappa shape index (κ1) is 9.21. The zero-order valence-electron chi connectivity index (χ0n) is 5.39. The van der Waals surface area contributed by atoms with Crippen LogP contribution in [-0.4, -0.2) is 22.4 Å². The summed E-state index contributed by atoms with van der Waals surface area (Å²) in [6.07, 6.45) is 3.27. The predicted molar refractivity (Wildman–Crippen MR) is 37.4 cm³/mol. The molecule has 0 aromatic heterocycles. The van der Waals surface area contributed by atoms with E-state index in [4.69, 9.17) is 21.8 Å². The van der Waals surface area contributed by atoms with E-state index in [2.05, 4.69) is 0 Å². The Kier molecular flexibility index (Phi) is 6.48. The molecule has 0 saturated heterocycles.